The highest BCUT2D eigenvalue weighted by molar-refractivity contribution is 6.87. The number of aromatic nitrogens is 3. The van der Waals surface area contributed by atoms with Crippen LogP contribution in [0.15, 0.2) is 116 Å². The Morgan fingerprint density at radius 3 is 2.14 bits per heavy atom. The molecule has 0 bridgehead atoms. The molecule has 0 unspecified atom stereocenters. The van der Waals surface area contributed by atoms with Crippen molar-refractivity contribution in [2.45, 2.75) is 6.42 Å². The van der Waals surface area contributed by atoms with Crippen LogP contribution in [0.4, 0.5) is 0 Å². The number of rotatable bonds is 12. The van der Waals surface area contributed by atoms with Crippen LogP contribution in [0.3, 0.4) is 0 Å². The van der Waals surface area contributed by atoms with Gasteiger partial charge in [-0.2, -0.15) is 0 Å². The lowest BCUT2D eigenvalue weighted by Gasteiger charge is -2.20. The van der Waals surface area contributed by atoms with E-state index in [1.807, 2.05) is 83.8 Å². The molecule has 4 aromatic rings. The summed E-state index contributed by atoms with van der Waals surface area (Å²) in [5.74, 6) is 0.708. The first-order chi connectivity index (χ1) is 17.2. The maximum absolute atomic E-state index is 6.13. The van der Waals surface area contributed by atoms with E-state index in [4.69, 9.17) is 9.16 Å². The molecule has 0 aliphatic carbocycles. The molecule has 0 amide bonds. The van der Waals surface area contributed by atoms with Crippen LogP contribution in [0.5, 0.6) is 5.75 Å². The van der Waals surface area contributed by atoms with Gasteiger partial charge in [-0.15, -0.1) is 34.7 Å². The molecule has 1 heterocycles. The molecule has 0 aliphatic heterocycles. The van der Waals surface area contributed by atoms with Gasteiger partial charge >= 0.3 is 0 Å². The average Bonchev–Trinajstić information content (AvgIpc) is 3.35. The van der Waals surface area contributed by atoms with E-state index in [1.165, 1.54) is 0 Å². The molecule has 5 nitrogen and oxygen atoms in total. The number of ether oxygens (including phenoxy) is 1. The lowest BCUT2D eigenvalue weighted by Crippen LogP contribution is -2.32. The van der Waals surface area contributed by atoms with Crippen molar-refractivity contribution in [3.63, 3.8) is 0 Å². The second kappa shape index (κ2) is 11.4. The second-order valence-corrected chi connectivity index (χ2v) is 11.2. The Bertz CT molecular complexity index is 1290. The van der Waals surface area contributed by atoms with Crippen molar-refractivity contribution in [1.29, 1.82) is 0 Å². The van der Waals surface area contributed by atoms with Crippen molar-refractivity contribution in [2.75, 3.05) is 13.2 Å². The fraction of sp³-hybridized carbons (Fsp3) is 0.103. The minimum absolute atomic E-state index is 0.428. The van der Waals surface area contributed by atoms with Gasteiger partial charge in [0.1, 0.15) is 29.1 Å². The summed E-state index contributed by atoms with van der Waals surface area (Å²) in [6.07, 6.45) is 4.75. The van der Waals surface area contributed by atoms with Crippen molar-refractivity contribution in [3.05, 3.63) is 127 Å². The molecule has 6 heteroatoms. The summed E-state index contributed by atoms with van der Waals surface area (Å²) in [6, 6.07) is 24.0. The Labute approximate surface area is 207 Å². The monoisotopic (exact) mass is 479 g/mol. The number of hydrogen-bond acceptors (Lipinski definition) is 4. The lowest BCUT2D eigenvalue weighted by atomic mass is 10.1. The minimum atomic E-state index is -2.30. The average molecular weight is 480 g/mol. The van der Waals surface area contributed by atoms with Gasteiger partial charge in [0, 0.05) is 6.61 Å². The minimum Gasteiger partial charge on any atom is -0.487 e. The number of hydrogen-bond donors (Lipinski definition) is 0. The Morgan fingerprint density at radius 2 is 1.49 bits per heavy atom. The van der Waals surface area contributed by atoms with E-state index in [0.29, 0.717) is 25.4 Å². The highest BCUT2D eigenvalue weighted by Gasteiger charge is 2.23. The molecular formula is C29H29N3O2Si. The topological polar surface area (TPSA) is 49.2 Å². The van der Waals surface area contributed by atoms with Gasteiger partial charge in [-0.1, -0.05) is 71.7 Å². The summed E-state index contributed by atoms with van der Waals surface area (Å²) in [5.41, 5.74) is 10.2. The van der Waals surface area contributed by atoms with Crippen LogP contribution in [0.25, 0.3) is 22.8 Å². The molecular weight excluding hydrogens is 450 g/mol. The Morgan fingerprint density at radius 1 is 0.829 bits per heavy atom. The van der Waals surface area contributed by atoms with Crippen molar-refractivity contribution < 1.29 is 9.16 Å². The summed E-state index contributed by atoms with van der Waals surface area (Å²) in [7, 11) is -2.30. The van der Waals surface area contributed by atoms with Gasteiger partial charge < -0.3 is 9.16 Å². The van der Waals surface area contributed by atoms with E-state index in [-0.39, 0.29) is 0 Å². The molecule has 3 aromatic carbocycles. The zero-order valence-corrected chi connectivity index (χ0v) is 20.7. The van der Waals surface area contributed by atoms with E-state index >= 15 is 0 Å². The third-order valence-corrected chi connectivity index (χ3v) is 8.29. The second-order valence-electron chi connectivity index (χ2n) is 7.97. The van der Waals surface area contributed by atoms with E-state index in [2.05, 4.69) is 48.1 Å². The molecule has 0 aliphatic rings. The highest BCUT2D eigenvalue weighted by atomic mass is 28.4. The molecule has 35 heavy (non-hydrogen) atoms. The molecule has 0 N–H and O–H groups in total. The van der Waals surface area contributed by atoms with E-state index < -0.39 is 8.32 Å². The van der Waals surface area contributed by atoms with Crippen LogP contribution in [0, 0.1) is 0 Å². The quantitative estimate of drug-likeness (QED) is 0.227. The fourth-order valence-electron chi connectivity index (χ4n) is 3.62. The molecule has 0 atom stereocenters. The molecule has 4 rings (SSSR count). The predicted octanol–water partition coefficient (Wildman–Crippen LogP) is 6.19. The Kier molecular flexibility index (Phi) is 7.87. The van der Waals surface area contributed by atoms with E-state index in [1.54, 1.807) is 4.80 Å². The van der Waals surface area contributed by atoms with E-state index in [0.717, 1.165) is 27.8 Å². The van der Waals surface area contributed by atoms with Crippen LogP contribution in [0.1, 0.15) is 11.1 Å². The van der Waals surface area contributed by atoms with Gasteiger partial charge in [-0.05, 0) is 47.9 Å². The van der Waals surface area contributed by atoms with Gasteiger partial charge in [0.15, 0.2) is 0 Å². The van der Waals surface area contributed by atoms with E-state index in [9.17, 15) is 0 Å². The largest absolute Gasteiger partial charge is 0.487 e. The molecule has 0 spiro atoms. The summed E-state index contributed by atoms with van der Waals surface area (Å²) < 4.78 is 12.3. The maximum Gasteiger partial charge on any atom is 0.264 e. The van der Waals surface area contributed by atoms with Gasteiger partial charge in [0.2, 0.25) is 0 Å². The highest BCUT2D eigenvalue weighted by Crippen LogP contribution is 2.25. The molecule has 176 valence electrons. The summed E-state index contributed by atoms with van der Waals surface area (Å²) >= 11 is 0. The van der Waals surface area contributed by atoms with Crippen LogP contribution >= 0.6 is 0 Å². The SMILES string of the molecule is C=C[Si](C=C)(C=C)OCCc1ccc(OC/C=C/c2ccccc2)c(-n2nc3ccccc3n2)c1. The Hall–Kier alpha value is -4.00. The predicted molar refractivity (Wildman–Crippen MR) is 146 cm³/mol. The molecule has 1 aromatic heterocycles. The summed E-state index contributed by atoms with van der Waals surface area (Å²) in [4.78, 5) is 1.64. The maximum atomic E-state index is 6.13. The zero-order chi connectivity index (χ0) is 24.5. The van der Waals surface area contributed by atoms with Crippen molar-refractivity contribution >= 4 is 25.4 Å². The van der Waals surface area contributed by atoms with Gasteiger partial charge in [-0.25, -0.2) is 0 Å². The molecule has 0 fully saturated rings. The smallest absolute Gasteiger partial charge is 0.264 e. The third-order valence-electron chi connectivity index (χ3n) is 5.67. The van der Waals surface area contributed by atoms with Gasteiger partial charge in [0.05, 0.1) is 0 Å². The first-order valence-electron chi connectivity index (χ1n) is 11.5. The van der Waals surface area contributed by atoms with Crippen LogP contribution < -0.4 is 4.74 Å². The molecule has 0 saturated heterocycles. The third kappa shape index (κ3) is 5.92. The first-order valence-corrected chi connectivity index (χ1v) is 13.6. The van der Waals surface area contributed by atoms with Crippen molar-refractivity contribution in [1.82, 2.24) is 15.0 Å². The first kappa shape index (κ1) is 24.1. The van der Waals surface area contributed by atoms with Crippen LogP contribution in [-0.2, 0) is 10.8 Å². The summed E-state index contributed by atoms with van der Waals surface area (Å²) in [5, 5.41) is 9.33. The molecule has 0 saturated carbocycles. The van der Waals surface area contributed by atoms with Crippen LogP contribution in [0.2, 0.25) is 0 Å². The normalized spacial score (nSPS) is 11.5. The van der Waals surface area contributed by atoms with Gasteiger partial charge in [-0.3, -0.25) is 0 Å². The Balaban J connectivity index is 1.55. The standard InChI is InChI=1S/C29H29N3O2Si/c1-4-35(5-2,6-3)34-22-20-25-18-19-29(33-21-12-15-24-13-8-7-9-14-24)28(23-25)32-30-26-16-10-11-17-27(26)31-32/h4-19,23H,1-3,20-22H2/b15-12+. The number of fused-ring (bicyclic) bond motifs is 1. The zero-order valence-electron chi connectivity index (χ0n) is 19.7. The van der Waals surface area contributed by atoms with Crippen molar-refractivity contribution in [3.8, 4) is 11.4 Å². The number of nitrogens with zero attached hydrogens (tertiary/aromatic N) is 3. The van der Waals surface area contributed by atoms with Crippen molar-refractivity contribution in [2.24, 2.45) is 0 Å². The fourth-order valence-corrected chi connectivity index (χ4v) is 4.93. The van der Waals surface area contributed by atoms with Crippen LogP contribution in [-0.4, -0.2) is 36.5 Å². The van der Waals surface area contributed by atoms with Gasteiger partial charge in [0.25, 0.3) is 8.32 Å². The number of benzene rings is 3. The molecule has 0 radical (unpaired) electrons. The summed E-state index contributed by atoms with van der Waals surface area (Å²) in [6.45, 7) is 12.6. The lowest BCUT2D eigenvalue weighted by molar-refractivity contribution is 0.325.